The highest BCUT2D eigenvalue weighted by atomic mass is 35.5. The van der Waals surface area contributed by atoms with Crippen molar-refractivity contribution in [2.75, 3.05) is 4.90 Å². The number of halogens is 7. The first-order valence-corrected chi connectivity index (χ1v) is 9.73. The van der Waals surface area contributed by atoms with Crippen molar-refractivity contribution in [3.05, 3.63) is 44.2 Å². The van der Waals surface area contributed by atoms with E-state index in [0.717, 1.165) is 18.2 Å². The second-order valence-electron chi connectivity index (χ2n) is 6.49. The molecule has 2 fully saturated rings. The highest BCUT2D eigenvalue weighted by Gasteiger charge is 2.87. The van der Waals surface area contributed by atoms with Crippen LogP contribution in [0.2, 0.25) is 0 Å². The summed E-state index contributed by atoms with van der Waals surface area (Å²) in [6.07, 6.45) is 0. The van der Waals surface area contributed by atoms with Gasteiger partial charge in [0.25, 0.3) is 0 Å². The lowest BCUT2D eigenvalue weighted by Gasteiger charge is -2.34. The Bertz CT molecular complexity index is 986. The molecule has 6 nitrogen and oxygen atoms in total. The van der Waals surface area contributed by atoms with Gasteiger partial charge >= 0.3 is 5.69 Å². The van der Waals surface area contributed by atoms with E-state index in [-0.39, 0.29) is 15.8 Å². The lowest BCUT2D eigenvalue weighted by atomic mass is 9.84. The zero-order valence-electron chi connectivity index (χ0n) is 13.1. The smallest absolute Gasteiger partial charge is 0.274 e. The fourth-order valence-corrected chi connectivity index (χ4v) is 6.96. The number of carbonyl (C=O) groups excluding carboxylic acids is 2. The van der Waals surface area contributed by atoms with E-state index in [1.54, 1.807) is 0 Å². The number of anilines is 1. The zero-order chi connectivity index (χ0) is 21.0. The summed E-state index contributed by atoms with van der Waals surface area (Å²) in [6.45, 7) is 0. The van der Waals surface area contributed by atoms with Gasteiger partial charge in [0.2, 0.25) is 17.6 Å². The van der Waals surface area contributed by atoms with Crippen molar-refractivity contribution in [3.63, 3.8) is 0 Å². The number of carbonyl (C=O) groups is 2. The van der Waals surface area contributed by atoms with E-state index in [1.165, 1.54) is 0 Å². The van der Waals surface area contributed by atoms with Gasteiger partial charge in [0, 0.05) is 6.07 Å². The molecule has 0 radical (unpaired) electrons. The molecule has 1 aromatic carbocycles. The number of amides is 2. The van der Waals surface area contributed by atoms with Crippen molar-refractivity contribution in [2.24, 2.45) is 11.8 Å². The van der Waals surface area contributed by atoms with Crippen molar-refractivity contribution in [1.29, 1.82) is 0 Å². The third-order valence-electron chi connectivity index (χ3n) is 5.29. The number of hydrogen-bond donors (Lipinski definition) is 0. The maximum atomic E-state index is 13.6. The molecular formula is C15H5Cl6FN2O4. The summed E-state index contributed by atoms with van der Waals surface area (Å²) in [7, 11) is 0. The van der Waals surface area contributed by atoms with Gasteiger partial charge < -0.3 is 0 Å². The molecule has 2 bridgehead atoms. The molecule has 0 spiro atoms. The number of allylic oxidation sites excluding steroid dienone is 2. The fourth-order valence-electron chi connectivity index (χ4n) is 4.03. The number of alkyl halides is 4. The minimum atomic E-state index is -2.08. The lowest BCUT2D eigenvalue weighted by molar-refractivity contribution is -0.387. The number of hydrogen-bond acceptors (Lipinski definition) is 4. The molecule has 4 rings (SSSR count). The van der Waals surface area contributed by atoms with Crippen LogP contribution in [-0.2, 0) is 9.59 Å². The van der Waals surface area contributed by atoms with Crippen LogP contribution in [-0.4, -0.2) is 30.8 Å². The standard InChI is InChI=1S/C15H5Cl6FN2O4/c16-9-10(17)14(19)8-7(13(9,18)15(14,20)21)11(25)23(12(8)26)4-1-2-5(22)6(3-4)24(27)28/h1-3,7-8H/t7-,8+,13-,14-/m0/s1. The van der Waals surface area contributed by atoms with Crippen LogP contribution in [0.3, 0.4) is 0 Å². The summed E-state index contributed by atoms with van der Waals surface area (Å²) in [5.41, 5.74) is -1.16. The molecule has 0 N–H and O–H groups in total. The first-order chi connectivity index (χ1) is 12.8. The number of nitro benzene ring substituents is 1. The highest BCUT2D eigenvalue weighted by Crippen LogP contribution is 2.77. The molecule has 1 aromatic rings. The van der Waals surface area contributed by atoms with Crippen LogP contribution in [0, 0.1) is 27.8 Å². The predicted molar refractivity (Wildman–Crippen MR) is 103 cm³/mol. The van der Waals surface area contributed by atoms with Gasteiger partial charge in [-0.25, -0.2) is 4.90 Å². The third-order valence-corrected chi connectivity index (χ3v) is 9.55. The van der Waals surface area contributed by atoms with Crippen molar-refractivity contribution in [1.82, 2.24) is 0 Å². The van der Waals surface area contributed by atoms with E-state index in [9.17, 15) is 24.1 Å². The molecule has 0 aromatic heterocycles. The first-order valence-electron chi connectivity index (χ1n) is 7.47. The molecule has 2 amide bonds. The van der Waals surface area contributed by atoms with Gasteiger partial charge in [0.05, 0.1) is 32.5 Å². The van der Waals surface area contributed by atoms with E-state index in [0.29, 0.717) is 4.90 Å². The number of benzene rings is 1. The summed E-state index contributed by atoms with van der Waals surface area (Å²) in [6, 6.07) is 2.55. The predicted octanol–water partition coefficient (Wildman–Crippen LogP) is 4.69. The van der Waals surface area contributed by atoms with Crippen LogP contribution in [0.4, 0.5) is 15.8 Å². The van der Waals surface area contributed by atoms with Crippen LogP contribution in [0.1, 0.15) is 0 Å². The topological polar surface area (TPSA) is 80.5 Å². The molecule has 1 saturated carbocycles. The average Bonchev–Trinajstić information content (AvgIpc) is 3.00. The van der Waals surface area contributed by atoms with E-state index in [1.807, 2.05) is 0 Å². The number of imide groups is 1. The summed E-state index contributed by atoms with van der Waals surface area (Å²) in [4.78, 5) is 32.8. The lowest BCUT2D eigenvalue weighted by Crippen LogP contribution is -2.50. The SMILES string of the molecule is O=C1[C@@H]2[C@H](C(=O)N1c1ccc(F)c([N+](=O)[O-])c1)[C@]1(Cl)C(Cl)=C(Cl)[C@]2(Cl)C1(Cl)Cl. The Kier molecular flexibility index (Phi) is 4.28. The molecule has 4 atom stereocenters. The molecule has 1 heterocycles. The van der Waals surface area contributed by atoms with Gasteiger partial charge in [-0.1, -0.05) is 46.4 Å². The summed E-state index contributed by atoms with van der Waals surface area (Å²) in [5, 5.41) is 10.5. The molecule has 1 aliphatic heterocycles. The Morgan fingerprint density at radius 1 is 1.00 bits per heavy atom. The fraction of sp³-hybridized carbons (Fsp3) is 0.333. The average molecular weight is 509 g/mol. The largest absolute Gasteiger partial charge is 0.306 e. The van der Waals surface area contributed by atoms with Crippen molar-refractivity contribution in [3.8, 4) is 0 Å². The van der Waals surface area contributed by atoms with Crippen molar-refractivity contribution >= 4 is 92.8 Å². The Morgan fingerprint density at radius 2 is 1.46 bits per heavy atom. The van der Waals surface area contributed by atoms with Crippen molar-refractivity contribution in [2.45, 2.75) is 14.1 Å². The Balaban J connectivity index is 1.89. The van der Waals surface area contributed by atoms with Crippen LogP contribution < -0.4 is 4.90 Å². The van der Waals surface area contributed by atoms with Crippen LogP contribution >= 0.6 is 69.6 Å². The van der Waals surface area contributed by atoms with Gasteiger partial charge in [-0.15, -0.1) is 23.2 Å². The number of fused-ring (bicyclic) bond motifs is 5. The molecule has 148 valence electrons. The van der Waals surface area contributed by atoms with E-state index in [2.05, 4.69) is 0 Å². The van der Waals surface area contributed by atoms with Crippen LogP contribution in [0.15, 0.2) is 28.3 Å². The minimum Gasteiger partial charge on any atom is -0.274 e. The van der Waals surface area contributed by atoms with E-state index < -0.39 is 54.2 Å². The molecule has 13 heteroatoms. The Labute approximate surface area is 186 Å². The van der Waals surface area contributed by atoms with Gasteiger partial charge in [0.1, 0.15) is 9.75 Å². The van der Waals surface area contributed by atoms with Crippen LogP contribution in [0.5, 0.6) is 0 Å². The molecule has 0 unspecified atom stereocenters. The number of rotatable bonds is 2. The van der Waals surface area contributed by atoms with Crippen molar-refractivity contribution < 1.29 is 18.9 Å². The maximum absolute atomic E-state index is 13.6. The van der Waals surface area contributed by atoms with E-state index in [4.69, 9.17) is 69.6 Å². The molecule has 2 aliphatic carbocycles. The number of nitro groups is 1. The normalized spacial score (nSPS) is 35.8. The van der Waals surface area contributed by atoms with Crippen LogP contribution in [0.25, 0.3) is 0 Å². The highest BCUT2D eigenvalue weighted by molar-refractivity contribution is 6.67. The molecule has 1 saturated heterocycles. The zero-order valence-corrected chi connectivity index (χ0v) is 17.6. The number of nitrogens with zero attached hydrogens (tertiary/aromatic N) is 2. The molecular weight excluding hydrogens is 504 g/mol. The third kappa shape index (κ3) is 1.98. The summed E-state index contributed by atoms with van der Waals surface area (Å²) < 4.78 is 11.6. The molecule has 3 aliphatic rings. The van der Waals surface area contributed by atoms with E-state index >= 15 is 0 Å². The first kappa shape index (κ1) is 20.4. The summed E-state index contributed by atoms with van der Waals surface area (Å²) in [5.74, 6) is -5.67. The second-order valence-corrected chi connectivity index (χ2v) is 9.76. The summed E-state index contributed by atoms with van der Waals surface area (Å²) >= 11 is 38.2. The Hall–Kier alpha value is -0.830. The van der Waals surface area contributed by atoms with Gasteiger partial charge in [-0.2, -0.15) is 4.39 Å². The quantitative estimate of drug-likeness (QED) is 0.251. The monoisotopic (exact) mass is 506 g/mol. The van der Waals surface area contributed by atoms with Gasteiger partial charge in [-0.05, 0) is 12.1 Å². The maximum Gasteiger partial charge on any atom is 0.306 e. The second kappa shape index (κ2) is 5.86. The molecule has 28 heavy (non-hydrogen) atoms. The van der Waals surface area contributed by atoms with Gasteiger partial charge in [-0.3, -0.25) is 19.7 Å². The van der Waals surface area contributed by atoms with Gasteiger partial charge in [0.15, 0.2) is 4.33 Å². The Morgan fingerprint density at radius 3 is 1.89 bits per heavy atom. The minimum absolute atomic E-state index is 0.237.